The van der Waals surface area contributed by atoms with Gasteiger partial charge in [0.15, 0.2) is 4.67 Å². The Balaban J connectivity index is 2.12. The van der Waals surface area contributed by atoms with Gasteiger partial charge in [0.1, 0.15) is 11.6 Å². The highest BCUT2D eigenvalue weighted by molar-refractivity contribution is 9.13. The molecule has 1 aromatic carbocycles. The van der Waals surface area contributed by atoms with Gasteiger partial charge < -0.3 is 9.73 Å². The molecule has 21 heavy (non-hydrogen) atoms. The lowest BCUT2D eigenvalue weighted by Crippen LogP contribution is -2.11. The lowest BCUT2D eigenvalue weighted by atomic mass is 10.2. The van der Waals surface area contributed by atoms with Crippen LogP contribution in [0.25, 0.3) is 0 Å². The predicted octanol–water partition coefficient (Wildman–Crippen LogP) is 3.93. The average molecular weight is 442 g/mol. The largest absolute Gasteiger partial charge is 0.451 e. The number of nitrogens with one attached hydrogen (secondary N) is 2. The maximum atomic E-state index is 13.5. The number of benzene rings is 1. The molecule has 2 N–H and O–H groups in total. The van der Waals surface area contributed by atoms with Crippen LogP contribution in [0.4, 0.5) is 15.8 Å². The standard InChI is InChI=1S/C12H11Br2FN2O3S/c1-21(18,19)17-11-4-7(2-3-10(11)15)16-6-8-5-9(13)12(14)20-8/h2-5,16-17H,6H2,1H3. The summed E-state index contributed by atoms with van der Waals surface area (Å²) in [5, 5.41) is 3.02. The molecule has 0 atom stereocenters. The van der Waals surface area contributed by atoms with Crippen LogP contribution in [-0.4, -0.2) is 14.7 Å². The van der Waals surface area contributed by atoms with Crippen LogP contribution >= 0.6 is 31.9 Å². The number of halogens is 3. The zero-order chi connectivity index (χ0) is 15.6. The molecule has 2 aromatic rings. The Labute approximate surface area is 138 Å². The molecule has 0 spiro atoms. The Morgan fingerprint density at radius 2 is 2.00 bits per heavy atom. The summed E-state index contributed by atoms with van der Waals surface area (Å²) in [5.41, 5.74) is 0.454. The smallest absolute Gasteiger partial charge is 0.229 e. The highest BCUT2D eigenvalue weighted by Gasteiger charge is 2.10. The summed E-state index contributed by atoms with van der Waals surface area (Å²) in [5.74, 6) is 0.0187. The highest BCUT2D eigenvalue weighted by Crippen LogP contribution is 2.27. The van der Waals surface area contributed by atoms with E-state index in [0.717, 1.165) is 10.7 Å². The van der Waals surface area contributed by atoms with E-state index in [1.54, 1.807) is 6.07 Å². The van der Waals surface area contributed by atoms with E-state index >= 15 is 0 Å². The predicted molar refractivity (Wildman–Crippen MR) is 86.3 cm³/mol. The molecule has 0 saturated heterocycles. The summed E-state index contributed by atoms with van der Waals surface area (Å²) in [7, 11) is -3.53. The molecule has 0 aliphatic carbocycles. The molecule has 5 nitrogen and oxygen atoms in total. The normalized spacial score (nSPS) is 11.4. The molecule has 114 valence electrons. The molecule has 0 fully saturated rings. The number of rotatable bonds is 5. The second kappa shape index (κ2) is 6.37. The Morgan fingerprint density at radius 1 is 1.29 bits per heavy atom. The van der Waals surface area contributed by atoms with Gasteiger partial charge >= 0.3 is 0 Å². The number of sulfonamides is 1. The van der Waals surface area contributed by atoms with Crippen LogP contribution in [0.1, 0.15) is 5.76 Å². The molecule has 1 aromatic heterocycles. The Hall–Kier alpha value is -1.06. The van der Waals surface area contributed by atoms with E-state index in [2.05, 4.69) is 41.9 Å². The van der Waals surface area contributed by atoms with Crippen LogP contribution in [-0.2, 0) is 16.6 Å². The lowest BCUT2D eigenvalue weighted by molar-refractivity contribution is 0.494. The molecule has 0 amide bonds. The summed E-state index contributed by atoms with van der Waals surface area (Å²) in [4.78, 5) is 0. The van der Waals surface area contributed by atoms with Crippen LogP contribution in [0.2, 0.25) is 0 Å². The van der Waals surface area contributed by atoms with E-state index < -0.39 is 15.8 Å². The van der Waals surface area contributed by atoms with Crippen molar-refractivity contribution in [2.75, 3.05) is 16.3 Å². The van der Waals surface area contributed by atoms with Crippen molar-refractivity contribution in [2.24, 2.45) is 0 Å². The molecule has 0 bridgehead atoms. The van der Waals surface area contributed by atoms with Gasteiger partial charge in [-0.3, -0.25) is 4.72 Å². The van der Waals surface area contributed by atoms with Crippen LogP contribution in [0, 0.1) is 5.82 Å². The van der Waals surface area contributed by atoms with Gasteiger partial charge in [0.25, 0.3) is 0 Å². The third-order valence-corrected chi connectivity index (χ3v) is 4.73. The van der Waals surface area contributed by atoms with Gasteiger partial charge in [0.2, 0.25) is 10.0 Å². The van der Waals surface area contributed by atoms with Crippen molar-refractivity contribution < 1.29 is 17.2 Å². The van der Waals surface area contributed by atoms with Crippen LogP contribution < -0.4 is 10.0 Å². The molecule has 1 heterocycles. The molecule has 0 unspecified atom stereocenters. The van der Waals surface area contributed by atoms with Gasteiger partial charge in [-0.05, 0) is 56.1 Å². The second-order valence-corrected chi connectivity index (χ2v) is 7.58. The SMILES string of the molecule is CS(=O)(=O)Nc1cc(NCc2cc(Br)c(Br)o2)ccc1F. The molecule has 0 radical (unpaired) electrons. The first kappa shape index (κ1) is 16.3. The summed E-state index contributed by atoms with van der Waals surface area (Å²) in [6.07, 6.45) is 0.963. The van der Waals surface area contributed by atoms with Crippen molar-refractivity contribution in [3.8, 4) is 0 Å². The van der Waals surface area contributed by atoms with Crippen molar-refractivity contribution in [3.63, 3.8) is 0 Å². The Kier molecular flexibility index (Phi) is 4.95. The third-order valence-electron chi connectivity index (χ3n) is 2.42. The van der Waals surface area contributed by atoms with Crippen LogP contribution in [0.5, 0.6) is 0 Å². The first-order chi connectivity index (χ1) is 9.74. The molecule has 0 saturated carbocycles. The maximum Gasteiger partial charge on any atom is 0.229 e. The molecular formula is C12H11Br2FN2O3S. The minimum absolute atomic E-state index is 0.107. The van der Waals surface area contributed by atoms with E-state index in [0.29, 0.717) is 22.7 Å². The van der Waals surface area contributed by atoms with Crippen molar-refractivity contribution >= 4 is 53.3 Å². The minimum Gasteiger partial charge on any atom is -0.451 e. The van der Waals surface area contributed by atoms with E-state index in [9.17, 15) is 12.8 Å². The van der Waals surface area contributed by atoms with E-state index in [1.807, 2.05) is 0 Å². The highest BCUT2D eigenvalue weighted by atomic mass is 79.9. The third kappa shape index (κ3) is 4.72. The lowest BCUT2D eigenvalue weighted by Gasteiger charge is -2.09. The average Bonchev–Trinajstić information content (AvgIpc) is 2.68. The van der Waals surface area contributed by atoms with Crippen molar-refractivity contribution in [1.82, 2.24) is 0 Å². The van der Waals surface area contributed by atoms with Gasteiger partial charge in [-0.1, -0.05) is 0 Å². The first-order valence-corrected chi connectivity index (χ1v) is 9.17. The fourth-order valence-electron chi connectivity index (χ4n) is 1.58. The topological polar surface area (TPSA) is 71.3 Å². The quantitative estimate of drug-likeness (QED) is 0.737. The molecule has 9 heteroatoms. The van der Waals surface area contributed by atoms with E-state index in [1.165, 1.54) is 18.2 Å². The van der Waals surface area contributed by atoms with Crippen molar-refractivity contribution in [2.45, 2.75) is 6.54 Å². The summed E-state index contributed by atoms with van der Waals surface area (Å²) < 4.78 is 44.7. The van der Waals surface area contributed by atoms with Gasteiger partial charge in [0, 0.05) is 5.69 Å². The second-order valence-electron chi connectivity index (χ2n) is 4.26. The van der Waals surface area contributed by atoms with E-state index in [4.69, 9.17) is 4.42 Å². The summed E-state index contributed by atoms with van der Waals surface area (Å²) in [6.45, 7) is 0.369. The van der Waals surface area contributed by atoms with Crippen molar-refractivity contribution in [3.05, 3.63) is 45.0 Å². The van der Waals surface area contributed by atoms with Gasteiger partial charge in [-0.2, -0.15) is 0 Å². The molecular weight excluding hydrogens is 431 g/mol. The van der Waals surface area contributed by atoms with Crippen LogP contribution in [0.3, 0.4) is 0 Å². The molecule has 2 rings (SSSR count). The number of furan rings is 1. The zero-order valence-electron chi connectivity index (χ0n) is 10.8. The van der Waals surface area contributed by atoms with Gasteiger partial charge in [0.05, 0.1) is 23.0 Å². The monoisotopic (exact) mass is 440 g/mol. The first-order valence-electron chi connectivity index (χ1n) is 5.69. The number of hydrogen-bond acceptors (Lipinski definition) is 4. The minimum atomic E-state index is -3.53. The molecule has 0 aliphatic heterocycles. The Morgan fingerprint density at radius 3 is 2.57 bits per heavy atom. The zero-order valence-corrected chi connectivity index (χ0v) is 14.8. The fraction of sp³-hybridized carbons (Fsp3) is 0.167. The van der Waals surface area contributed by atoms with Crippen molar-refractivity contribution in [1.29, 1.82) is 0 Å². The van der Waals surface area contributed by atoms with Gasteiger partial charge in [-0.25, -0.2) is 12.8 Å². The number of anilines is 2. The number of hydrogen-bond donors (Lipinski definition) is 2. The summed E-state index contributed by atoms with van der Waals surface area (Å²) >= 11 is 6.53. The van der Waals surface area contributed by atoms with Crippen LogP contribution in [0.15, 0.2) is 37.8 Å². The Bertz CT molecular complexity index is 742. The summed E-state index contributed by atoms with van der Waals surface area (Å²) in [6, 6.07) is 5.86. The fourth-order valence-corrected chi connectivity index (χ4v) is 2.80. The maximum absolute atomic E-state index is 13.5. The van der Waals surface area contributed by atoms with Gasteiger partial charge in [-0.15, -0.1) is 0 Å². The molecule has 0 aliphatic rings. The van der Waals surface area contributed by atoms with E-state index in [-0.39, 0.29) is 5.69 Å².